The van der Waals surface area contributed by atoms with Crippen LogP contribution in [0.1, 0.15) is 19.8 Å². The summed E-state index contributed by atoms with van der Waals surface area (Å²) in [5.74, 6) is 0.355. The van der Waals surface area contributed by atoms with Crippen molar-refractivity contribution in [1.29, 1.82) is 0 Å². The molecule has 0 aromatic carbocycles. The lowest BCUT2D eigenvalue weighted by Crippen LogP contribution is -1.99. The van der Waals surface area contributed by atoms with E-state index in [1.807, 2.05) is 6.92 Å². The first-order valence-electron chi connectivity index (χ1n) is 3.88. The van der Waals surface area contributed by atoms with Crippen molar-refractivity contribution in [3.8, 4) is 0 Å². The molecule has 0 aliphatic carbocycles. The van der Waals surface area contributed by atoms with Crippen LogP contribution >= 0.6 is 0 Å². The lowest BCUT2D eigenvalue weighted by atomic mass is 10.1. The van der Waals surface area contributed by atoms with E-state index >= 15 is 0 Å². The first kappa shape index (κ1) is 10.8. The molecule has 0 rings (SSSR count). The Hall–Kier alpha value is -1.24. The van der Waals surface area contributed by atoms with Gasteiger partial charge in [0.25, 0.3) is 0 Å². The Bertz CT molecular complexity index is 203. The van der Waals surface area contributed by atoms with E-state index in [1.165, 1.54) is 12.2 Å². The van der Waals surface area contributed by atoms with E-state index < -0.39 is 0 Å². The van der Waals surface area contributed by atoms with Crippen LogP contribution in [0.5, 0.6) is 0 Å². The van der Waals surface area contributed by atoms with Crippen LogP contribution in [0.15, 0.2) is 9.98 Å². The number of carbonyl (C=O) groups excluding carboxylic acids is 2. The van der Waals surface area contributed by atoms with E-state index in [2.05, 4.69) is 9.98 Å². The molecule has 4 nitrogen and oxygen atoms in total. The van der Waals surface area contributed by atoms with E-state index in [4.69, 9.17) is 0 Å². The summed E-state index contributed by atoms with van der Waals surface area (Å²) in [5.41, 5.74) is 0. The third-order valence-electron chi connectivity index (χ3n) is 1.50. The summed E-state index contributed by atoms with van der Waals surface area (Å²) in [5, 5.41) is 0. The van der Waals surface area contributed by atoms with Crippen molar-refractivity contribution in [3.63, 3.8) is 0 Å². The molecule has 0 saturated heterocycles. The number of isocyanates is 2. The Morgan fingerprint density at radius 2 is 1.92 bits per heavy atom. The molecular formula is C8H12N2O2. The van der Waals surface area contributed by atoms with Crippen LogP contribution in [0.2, 0.25) is 0 Å². The Labute approximate surface area is 71.4 Å². The van der Waals surface area contributed by atoms with Crippen molar-refractivity contribution < 1.29 is 9.59 Å². The molecule has 0 aromatic rings. The molecule has 66 valence electrons. The molecule has 0 heterocycles. The number of hydrogen-bond donors (Lipinski definition) is 0. The highest BCUT2D eigenvalue weighted by Crippen LogP contribution is 2.04. The third kappa shape index (κ3) is 6.87. The fourth-order valence-electron chi connectivity index (χ4n) is 0.849. The molecule has 0 amide bonds. The Morgan fingerprint density at radius 1 is 1.25 bits per heavy atom. The van der Waals surface area contributed by atoms with Gasteiger partial charge in [-0.1, -0.05) is 6.92 Å². The molecule has 0 unspecified atom stereocenters. The van der Waals surface area contributed by atoms with Gasteiger partial charge in [-0.3, -0.25) is 0 Å². The van der Waals surface area contributed by atoms with Crippen molar-refractivity contribution >= 4 is 12.2 Å². The molecule has 0 N–H and O–H groups in total. The SMILES string of the molecule is C[C@@H](CCCN=C=O)CN=C=O. The Kier molecular flexibility index (Phi) is 7.05. The van der Waals surface area contributed by atoms with Crippen molar-refractivity contribution in [2.45, 2.75) is 19.8 Å². The van der Waals surface area contributed by atoms with E-state index in [9.17, 15) is 9.59 Å². The van der Waals surface area contributed by atoms with Gasteiger partial charge in [0.1, 0.15) is 0 Å². The van der Waals surface area contributed by atoms with Gasteiger partial charge in [-0.2, -0.15) is 0 Å². The summed E-state index contributed by atoms with van der Waals surface area (Å²) in [6.45, 7) is 3.01. The second-order valence-corrected chi connectivity index (χ2v) is 2.65. The molecule has 4 heteroatoms. The van der Waals surface area contributed by atoms with Gasteiger partial charge in [0.2, 0.25) is 12.2 Å². The standard InChI is InChI=1S/C8H12N2O2/c1-8(5-10-7-12)3-2-4-9-6-11/h8H,2-5H2,1H3/t8-/m0/s1. The van der Waals surface area contributed by atoms with Crippen LogP contribution in [0.4, 0.5) is 0 Å². The highest BCUT2D eigenvalue weighted by atomic mass is 16.1. The summed E-state index contributed by atoms with van der Waals surface area (Å²) in [6.07, 6.45) is 4.71. The zero-order valence-electron chi connectivity index (χ0n) is 7.12. The number of rotatable bonds is 6. The molecule has 0 aliphatic rings. The summed E-state index contributed by atoms with van der Waals surface area (Å²) >= 11 is 0. The minimum absolute atomic E-state index is 0.355. The fraction of sp³-hybridized carbons (Fsp3) is 0.750. The van der Waals surface area contributed by atoms with Crippen molar-refractivity contribution in [3.05, 3.63) is 0 Å². The van der Waals surface area contributed by atoms with E-state index in [1.54, 1.807) is 0 Å². The topological polar surface area (TPSA) is 58.9 Å². The molecule has 1 atom stereocenters. The predicted molar refractivity (Wildman–Crippen MR) is 44.4 cm³/mol. The first-order chi connectivity index (χ1) is 5.81. The quantitative estimate of drug-likeness (QED) is 0.338. The highest BCUT2D eigenvalue weighted by molar-refractivity contribution is 5.33. The smallest absolute Gasteiger partial charge is 0.211 e. The zero-order chi connectivity index (χ0) is 9.23. The number of nitrogens with zero attached hydrogens (tertiary/aromatic N) is 2. The third-order valence-corrected chi connectivity index (χ3v) is 1.50. The van der Waals surface area contributed by atoms with Crippen LogP contribution in [0.3, 0.4) is 0 Å². The summed E-state index contributed by atoms with van der Waals surface area (Å²) in [4.78, 5) is 26.3. The second kappa shape index (κ2) is 7.86. The Balaban J connectivity index is 3.36. The maximum absolute atomic E-state index is 9.72. The monoisotopic (exact) mass is 168 g/mol. The van der Waals surface area contributed by atoms with Gasteiger partial charge in [0.05, 0.1) is 13.1 Å². The average molecular weight is 168 g/mol. The van der Waals surface area contributed by atoms with E-state index in [-0.39, 0.29) is 0 Å². The normalized spacial score (nSPS) is 11.1. The molecule has 0 saturated carbocycles. The van der Waals surface area contributed by atoms with E-state index in [0.717, 1.165) is 12.8 Å². The number of aliphatic imine (C=N–C) groups is 2. The van der Waals surface area contributed by atoms with Gasteiger partial charge in [0, 0.05) is 0 Å². The molecule has 0 aromatic heterocycles. The first-order valence-corrected chi connectivity index (χ1v) is 3.88. The van der Waals surface area contributed by atoms with Crippen LogP contribution < -0.4 is 0 Å². The summed E-state index contributed by atoms with van der Waals surface area (Å²) in [7, 11) is 0. The van der Waals surface area contributed by atoms with Gasteiger partial charge in [-0.05, 0) is 18.8 Å². The van der Waals surface area contributed by atoms with Crippen molar-refractivity contribution in [2.24, 2.45) is 15.9 Å². The lowest BCUT2D eigenvalue weighted by molar-refractivity contribution is 0.516. The largest absolute Gasteiger partial charge is 0.234 e. The molecular weight excluding hydrogens is 156 g/mol. The summed E-state index contributed by atoms with van der Waals surface area (Å²) < 4.78 is 0. The predicted octanol–water partition coefficient (Wildman–Crippen LogP) is 1.07. The minimum Gasteiger partial charge on any atom is -0.211 e. The minimum atomic E-state index is 0.355. The molecule has 12 heavy (non-hydrogen) atoms. The fourth-order valence-corrected chi connectivity index (χ4v) is 0.849. The van der Waals surface area contributed by atoms with Gasteiger partial charge < -0.3 is 0 Å². The highest BCUT2D eigenvalue weighted by Gasteiger charge is 1.99. The van der Waals surface area contributed by atoms with Crippen LogP contribution in [-0.4, -0.2) is 25.2 Å². The lowest BCUT2D eigenvalue weighted by Gasteiger charge is -2.03. The van der Waals surface area contributed by atoms with Crippen LogP contribution in [-0.2, 0) is 9.59 Å². The Morgan fingerprint density at radius 3 is 2.50 bits per heavy atom. The van der Waals surface area contributed by atoms with Crippen LogP contribution in [0.25, 0.3) is 0 Å². The molecule has 0 aliphatic heterocycles. The molecule has 0 fully saturated rings. The van der Waals surface area contributed by atoms with Gasteiger partial charge >= 0.3 is 0 Å². The molecule has 0 spiro atoms. The van der Waals surface area contributed by atoms with Gasteiger partial charge in [-0.15, -0.1) is 0 Å². The zero-order valence-corrected chi connectivity index (χ0v) is 7.12. The summed E-state index contributed by atoms with van der Waals surface area (Å²) in [6, 6.07) is 0. The number of hydrogen-bond acceptors (Lipinski definition) is 4. The second-order valence-electron chi connectivity index (χ2n) is 2.65. The van der Waals surface area contributed by atoms with Crippen molar-refractivity contribution in [2.75, 3.05) is 13.1 Å². The molecule has 0 bridgehead atoms. The van der Waals surface area contributed by atoms with Gasteiger partial charge in [-0.25, -0.2) is 19.6 Å². The van der Waals surface area contributed by atoms with E-state index in [0.29, 0.717) is 19.0 Å². The maximum atomic E-state index is 9.72. The maximum Gasteiger partial charge on any atom is 0.234 e. The molecule has 0 radical (unpaired) electrons. The van der Waals surface area contributed by atoms with Crippen molar-refractivity contribution in [1.82, 2.24) is 0 Å². The van der Waals surface area contributed by atoms with Crippen LogP contribution in [0, 0.1) is 5.92 Å². The average Bonchev–Trinajstić information content (AvgIpc) is 2.09. The van der Waals surface area contributed by atoms with Gasteiger partial charge in [0.15, 0.2) is 0 Å².